The zero-order valence-electron chi connectivity index (χ0n) is 11.6. The predicted molar refractivity (Wildman–Crippen MR) is 77.1 cm³/mol. The first-order valence-corrected chi connectivity index (χ1v) is 6.96. The monoisotopic (exact) mass is 314 g/mol. The van der Waals surface area contributed by atoms with Crippen molar-refractivity contribution in [2.75, 3.05) is 25.0 Å². The van der Waals surface area contributed by atoms with Gasteiger partial charge in [0.2, 0.25) is 5.91 Å². The highest BCUT2D eigenvalue weighted by atomic mass is 35.5. The number of rotatable bonds is 5. The van der Waals surface area contributed by atoms with Crippen LogP contribution in [0.4, 0.5) is 10.1 Å². The number of carboxylic acids is 1. The number of halogens is 2. The highest BCUT2D eigenvalue weighted by Gasteiger charge is 2.35. The average molecular weight is 315 g/mol. The van der Waals surface area contributed by atoms with Gasteiger partial charge in [0.1, 0.15) is 5.82 Å². The second kappa shape index (κ2) is 6.41. The molecule has 0 aliphatic carbocycles. The lowest BCUT2D eigenvalue weighted by Gasteiger charge is -2.23. The zero-order chi connectivity index (χ0) is 15.6. The zero-order valence-corrected chi connectivity index (χ0v) is 12.3. The van der Waals surface area contributed by atoms with Crippen molar-refractivity contribution in [2.45, 2.75) is 18.9 Å². The molecule has 1 heterocycles. The molecule has 2 rings (SSSR count). The molecular weight excluding hydrogens is 299 g/mol. The van der Waals surface area contributed by atoms with Gasteiger partial charge in [-0.15, -0.1) is 0 Å². The summed E-state index contributed by atoms with van der Waals surface area (Å²) < 4.78 is 13.2. The molecule has 0 aromatic heterocycles. The van der Waals surface area contributed by atoms with Gasteiger partial charge in [-0.25, -0.2) is 4.39 Å². The largest absolute Gasteiger partial charge is 0.481 e. The first kappa shape index (κ1) is 15.7. The van der Waals surface area contributed by atoms with E-state index < -0.39 is 11.8 Å². The topological polar surface area (TPSA) is 60.9 Å². The number of aliphatic carboxylic acids is 1. The minimum Gasteiger partial charge on any atom is -0.481 e. The van der Waals surface area contributed by atoms with Crippen molar-refractivity contribution in [1.82, 2.24) is 4.90 Å². The van der Waals surface area contributed by atoms with E-state index in [9.17, 15) is 14.0 Å². The van der Waals surface area contributed by atoms with Crippen molar-refractivity contribution in [3.05, 3.63) is 29.0 Å². The van der Waals surface area contributed by atoms with Crippen molar-refractivity contribution in [3.63, 3.8) is 0 Å². The summed E-state index contributed by atoms with van der Waals surface area (Å²) in [6, 6.07) is 3.81. The number of hydrogen-bond donors (Lipinski definition) is 1. The van der Waals surface area contributed by atoms with E-state index in [1.165, 1.54) is 18.2 Å². The Morgan fingerprint density at radius 1 is 1.57 bits per heavy atom. The Bertz CT molecular complexity index is 567. The summed E-state index contributed by atoms with van der Waals surface area (Å²) in [5, 5.41) is 8.66. The second-order valence-electron chi connectivity index (χ2n) is 5.02. The maximum Gasteiger partial charge on any atom is 0.304 e. The van der Waals surface area contributed by atoms with Crippen molar-refractivity contribution in [1.29, 1.82) is 0 Å². The lowest BCUT2D eigenvalue weighted by molar-refractivity contribution is -0.137. The fourth-order valence-corrected chi connectivity index (χ4v) is 2.59. The van der Waals surface area contributed by atoms with Crippen LogP contribution < -0.4 is 4.90 Å². The van der Waals surface area contributed by atoms with Gasteiger partial charge in [0.05, 0.1) is 17.5 Å². The molecule has 21 heavy (non-hydrogen) atoms. The van der Waals surface area contributed by atoms with Crippen molar-refractivity contribution in [3.8, 4) is 0 Å². The van der Waals surface area contributed by atoms with Gasteiger partial charge >= 0.3 is 5.97 Å². The van der Waals surface area contributed by atoms with Crippen LogP contribution in [-0.4, -0.2) is 48.1 Å². The molecular formula is C14H16ClFN2O3. The summed E-state index contributed by atoms with van der Waals surface area (Å²) in [4.78, 5) is 26.3. The summed E-state index contributed by atoms with van der Waals surface area (Å²) in [5.41, 5.74) is 0.556. The molecule has 0 radical (unpaired) electrons. The van der Waals surface area contributed by atoms with E-state index in [-0.39, 0.29) is 23.4 Å². The van der Waals surface area contributed by atoms with Crippen LogP contribution in [0.1, 0.15) is 12.8 Å². The third-order valence-electron chi connectivity index (χ3n) is 3.60. The van der Waals surface area contributed by atoms with Crippen LogP contribution in [0.3, 0.4) is 0 Å². The van der Waals surface area contributed by atoms with Gasteiger partial charge in [0.25, 0.3) is 0 Å². The van der Waals surface area contributed by atoms with E-state index in [1.807, 2.05) is 0 Å². The number of likely N-dealkylation sites (N-methyl/N-ethyl adjacent to an activating group) is 1. The molecule has 1 aromatic carbocycles. The quantitative estimate of drug-likeness (QED) is 0.903. The third kappa shape index (κ3) is 3.51. The number of benzene rings is 1. The van der Waals surface area contributed by atoms with Gasteiger partial charge in [0, 0.05) is 18.8 Å². The fourth-order valence-electron chi connectivity index (χ4n) is 2.41. The van der Waals surface area contributed by atoms with Crippen LogP contribution in [0.2, 0.25) is 5.02 Å². The van der Waals surface area contributed by atoms with Crippen LogP contribution in [0, 0.1) is 5.82 Å². The van der Waals surface area contributed by atoms with Gasteiger partial charge in [-0.05, 0) is 31.7 Å². The van der Waals surface area contributed by atoms with Crippen molar-refractivity contribution in [2.24, 2.45) is 0 Å². The summed E-state index contributed by atoms with van der Waals surface area (Å²) in [5.74, 6) is -1.54. The van der Waals surface area contributed by atoms with Crippen LogP contribution in [0.15, 0.2) is 18.2 Å². The van der Waals surface area contributed by atoms with E-state index in [1.54, 1.807) is 16.8 Å². The van der Waals surface area contributed by atoms with E-state index >= 15 is 0 Å². The first-order chi connectivity index (χ1) is 9.90. The fraction of sp³-hybridized carbons (Fsp3) is 0.429. The number of amides is 1. The Kier molecular flexibility index (Phi) is 4.80. The average Bonchev–Trinajstić information content (AvgIpc) is 2.81. The Morgan fingerprint density at radius 3 is 2.90 bits per heavy atom. The number of carbonyl (C=O) groups is 2. The summed E-state index contributed by atoms with van der Waals surface area (Å²) in [6.07, 6.45) is 0.590. The van der Waals surface area contributed by atoms with E-state index in [2.05, 4.69) is 0 Å². The highest BCUT2D eigenvalue weighted by molar-refractivity contribution is 6.31. The summed E-state index contributed by atoms with van der Waals surface area (Å²) >= 11 is 5.73. The number of carboxylic acid groups (broad SMARTS) is 1. The van der Waals surface area contributed by atoms with Crippen molar-refractivity contribution >= 4 is 29.2 Å². The van der Waals surface area contributed by atoms with Crippen molar-refractivity contribution < 1.29 is 19.1 Å². The molecule has 0 bridgehead atoms. The first-order valence-electron chi connectivity index (χ1n) is 6.58. The summed E-state index contributed by atoms with van der Waals surface area (Å²) in [7, 11) is 1.73. The normalized spacial score (nSPS) is 18.6. The summed E-state index contributed by atoms with van der Waals surface area (Å²) in [6.45, 7) is 0.812. The van der Waals surface area contributed by atoms with Crippen LogP contribution in [0.25, 0.3) is 0 Å². The molecule has 0 spiro atoms. The van der Waals surface area contributed by atoms with Gasteiger partial charge in [-0.2, -0.15) is 0 Å². The second-order valence-corrected chi connectivity index (χ2v) is 5.42. The Hall–Kier alpha value is -1.66. The number of nitrogens with zero attached hydrogens (tertiary/aromatic N) is 2. The molecule has 1 unspecified atom stereocenters. The predicted octanol–water partition coefficient (Wildman–Crippen LogP) is 1.99. The smallest absolute Gasteiger partial charge is 0.304 e. The molecule has 1 saturated heterocycles. The molecule has 7 heteroatoms. The van der Waals surface area contributed by atoms with Gasteiger partial charge in [-0.1, -0.05) is 11.6 Å². The molecule has 1 aromatic rings. The van der Waals surface area contributed by atoms with E-state index in [0.717, 1.165) is 0 Å². The highest BCUT2D eigenvalue weighted by Crippen LogP contribution is 2.27. The molecule has 1 N–H and O–H groups in total. The van der Waals surface area contributed by atoms with E-state index in [0.29, 0.717) is 25.2 Å². The number of anilines is 1. The molecule has 0 saturated carbocycles. The Labute approximate surface area is 126 Å². The minimum absolute atomic E-state index is 0.0113. The molecule has 1 aliphatic heterocycles. The van der Waals surface area contributed by atoms with Crippen LogP contribution in [0.5, 0.6) is 0 Å². The molecule has 1 atom stereocenters. The Balaban J connectivity index is 2.07. The number of hydrogen-bond acceptors (Lipinski definition) is 3. The molecule has 114 valence electrons. The third-order valence-corrected chi connectivity index (χ3v) is 3.89. The van der Waals surface area contributed by atoms with Gasteiger partial charge in [-0.3, -0.25) is 14.5 Å². The SMILES string of the molecule is CN(CCC(=O)O)C1CCN(c2ccc(F)c(Cl)c2)C1=O. The lowest BCUT2D eigenvalue weighted by Crippen LogP contribution is -2.40. The van der Waals surface area contributed by atoms with Gasteiger partial charge < -0.3 is 10.0 Å². The van der Waals surface area contributed by atoms with E-state index in [4.69, 9.17) is 16.7 Å². The molecule has 1 fully saturated rings. The maximum absolute atomic E-state index is 13.2. The Morgan fingerprint density at radius 2 is 2.29 bits per heavy atom. The maximum atomic E-state index is 13.2. The molecule has 5 nitrogen and oxygen atoms in total. The number of carbonyl (C=O) groups excluding carboxylic acids is 1. The van der Waals surface area contributed by atoms with Crippen LogP contribution >= 0.6 is 11.6 Å². The van der Waals surface area contributed by atoms with Gasteiger partial charge in [0.15, 0.2) is 0 Å². The molecule has 1 amide bonds. The van der Waals surface area contributed by atoms with Crippen LogP contribution in [-0.2, 0) is 9.59 Å². The molecule has 1 aliphatic rings. The minimum atomic E-state index is -0.894. The standard InChI is InChI=1S/C14H16ClFN2O3/c1-17(6-5-13(19)20)12-4-7-18(14(12)21)9-2-3-11(16)10(15)8-9/h2-3,8,12H,4-7H2,1H3,(H,19,20). The lowest BCUT2D eigenvalue weighted by atomic mass is 10.2.